The minimum Gasteiger partial charge on any atom is -0.457 e. The summed E-state index contributed by atoms with van der Waals surface area (Å²) in [4.78, 5) is 9.12. The summed E-state index contributed by atoms with van der Waals surface area (Å²) in [5.74, 6) is 2.74. The van der Waals surface area contributed by atoms with E-state index in [1.54, 1.807) is 0 Å². The van der Waals surface area contributed by atoms with Gasteiger partial charge in [0.15, 0.2) is 0 Å². The van der Waals surface area contributed by atoms with Gasteiger partial charge in [0.1, 0.15) is 23.0 Å². The van der Waals surface area contributed by atoms with E-state index in [-0.39, 0.29) is 0 Å². The molecule has 0 spiro atoms. The van der Waals surface area contributed by atoms with Gasteiger partial charge in [0.05, 0.1) is 33.8 Å². The molecule has 0 saturated heterocycles. The van der Waals surface area contributed by atoms with Gasteiger partial charge >= 0.3 is 0 Å². The fraction of sp³-hybridized carbons (Fsp3) is 0. The van der Waals surface area contributed by atoms with Crippen molar-refractivity contribution in [3.8, 4) is 28.7 Å². The lowest BCUT2D eigenvalue weighted by atomic mass is 10.1. The Morgan fingerprint density at radius 3 is 0.647 bits per heavy atom. The van der Waals surface area contributed by atoms with Crippen molar-refractivity contribution in [2.75, 3.05) is 19.6 Å². The van der Waals surface area contributed by atoms with Crippen LogP contribution in [0.5, 0.6) is 23.0 Å². The molecule has 0 radical (unpaired) electrons. The summed E-state index contributed by atoms with van der Waals surface area (Å²) in [5.41, 5.74) is 14.9. The number of ether oxygens (including phenoxy) is 2. The van der Waals surface area contributed by atoms with Crippen molar-refractivity contribution in [1.82, 2.24) is 4.57 Å². The fourth-order valence-electron chi connectivity index (χ4n) is 11.4. The Morgan fingerprint density at radius 1 is 0.188 bits per heavy atom. The molecule has 85 heavy (non-hydrogen) atoms. The highest BCUT2D eigenvalue weighted by Crippen LogP contribution is 2.47. The zero-order chi connectivity index (χ0) is 56.7. The van der Waals surface area contributed by atoms with Gasteiger partial charge in [-0.1, -0.05) is 164 Å². The van der Waals surface area contributed by atoms with Gasteiger partial charge in [0.2, 0.25) is 0 Å². The third-order valence-electron chi connectivity index (χ3n) is 15.1. The van der Waals surface area contributed by atoms with E-state index in [1.807, 2.05) is 0 Å². The number of benzene rings is 13. The third kappa shape index (κ3) is 10.8. The minimum absolute atomic E-state index is 0.677. The van der Waals surface area contributed by atoms with Gasteiger partial charge in [0, 0.05) is 98.4 Å². The smallest absolute Gasteiger partial charge is 0.131 e. The highest BCUT2D eigenvalue weighted by Gasteiger charge is 2.23. The van der Waals surface area contributed by atoms with Crippen molar-refractivity contribution >= 4 is 90.1 Å². The molecule has 7 heteroatoms. The van der Waals surface area contributed by atoms with E-state index >= 15 is 0 Å². The molecule has 0 fully saturated rings. The van der Waals surface area contributed by atoms with Crippen LogP contribution in [0.1, 0.15) is 0 Å². The topological polar surface area (TPSA) is 36.4 Å². The second-order valence-electron chi connectivity index (χ2n) is 20.6. The predicted octanol–water partition coefficient (Wildman–Crippen LogP) is 22.2. The molecule has 0 aliphatic rings. The normalized spacial score (nSPS) is 11.1. The molecule has 1 heterocycles. The van der Waals surface area contributed by atoms with Crippen molar-refractivity contribution in [1.29, 1.82) is 0 Å². The number of rotatable bonds is 17. The van der Waals surface area contributed by atoms with Crippen LogP contribution in [0.15, 0.2) is 346 Å². The maximum Gasteiger partial charge on any atom is 0.131 e. The second kappa shape index (κ2) is 23.5. The van der Waals surface area contributed by atoms with E-state index in [1.165, 1.54) is 0 Å². The van der Waals surface area contributed by atoms with Crippen molar-refractivity contribution in [3.63, 3.8) is 0 Å². The number of anilines is 12. The Morgan fingerprint density at radius 2 is 0.412 bits per heavy atom. The summed E-state index contributed by atoms with van der Waals surface area (Å²) in [7, 11) is 0. The molecular weight excluding hydrogens is 1040 g/mol. The summed E-state index contributed by atoms with van der Waals surface area (Å²) in [6.45, 7) is 0. The first-order chi connectivity index (χ1) is 42.1. The second-order valence-corrected chi connectivity index (χ2v) is 20.6. The summed E-state index contributed by atoms with van der Waals surface area (Å²) >= 11 is 0. The van der Waals surface area contributed by atoms with Crippen LogP contribution in [0.25, 0.3) is 27.5 Å². The first-order valence-corrected chi connectivity index (χ1v) is 28.6. The lowest BCUT2D eigenvalue weighted by molar-refractivity contribution is 0.483. The number of hydrogen-bond acceptors (Lipinski definition) is 6. The summed E-state index contributed by atoms with van der Waals surface area (Å²) in [6, 6.07) is 120. The fourth-order valence-corrected chi connectivity index (χ4v) is 11.4. The van der Waals surface area contributed by atoms with Crippen molar-refractivity contribution < 1.29 is 9.47 Å². The zero-order valence-corrected chi connectivity index (χ0v) is 46.5. The Hall–Kier alpha value is -11.5. The van der Waals surface area contributed by atoms with Gasteiger partial charge in [-0.15, -0.1) is 0 Å². The van der Waals surface area contributed by atoms with Gasteiger partial charge in [-0.05, 0) is 146 Å². The van der Waals surface area contributed by atoms with Gasteiger partial charge in [0.25, 0.3) is 0 Å². The molecule has 14 rings (SSSR count). The van der Waals surface area contributed by atoms with E-state index < -0.39 is 0 Å². The van der Waals surface area contributed by atoms with Gasteiger partial charge in [-0.2, -0.15) is 0 Å². The highest BCUT2D eigenvalue weighted by atomic mass is 16.5. The number of hydrogen-bond donors (Lipinski definition) is 0. The van der Waals surface area contributed by atoms with Gasteiger partial charge < -0.3 is 33.6 Å². The Labute approximate surface area is 495 Å². The maximum absolute atomic E-state index is 7.19. The number of aromatic nitrogens is 1. The molecule has 0 aliphatic heterocycles. The largest absolute Gasteiger partial charge is 0.457 e. The molecule has 1 aromatic heterocycles. The summed E-state index contributed by atoms with van der Waals surface area (Å²) < 4.78 is 16.7. The first kappa shape index (κ1) is 51.6. The molecule has 0 saturated carbocycles. The lowest BCUT2D eigenvalue weighted by Crippen LogP contribution is -2.13. The zero-order valence-electron chi connectivity index (χ0n) is 46.5. The molecule has 7 nitrogen and oxygen atoms in total. The summed E-state index contributed by atoms with van der Waals surface area (Å²) in [5, 5.41) is 2.16. The third-order valence-corrected chi connectivity index (χ3v) is 15.1. The first-order valence-electron chi connectivity index (χ1n) is 28.6. The summed E-state index contributed by atoms with van der Waals surface area (Å²) in [6.07, 6.45) is 0. The number of para-hydroxylation sites is 9. The van der Waals surface area contributed by atoms with Crippen LogP contribution in [-0.2, 0) is 0 Å². The quantitative estimate of drug-likeness (QED) is 0.0904. The molecule has 406 valence electrons. The molecule has 14 aromatic rings. The maximum atomic E-state index is 7.19. The molecule has 0 aliphatic carbocycles. The number of fused-ring (bicyclic) bond motifs is 3. The van der Waals surface area contributed by atoms with Crippen LogP contribution in [0.2, 0.25) is 0 Å². The Balaban J connectivity index is 0.904. The lowest BCUT2D eigenvalue weighted by Gasteiger charge is -2.30. The molecule has 0 amide bonds. The number of nitrogens with zero attached hydrogens (tertiary/aromatic N) is 5. The molecule has 0 N–H and O–H groups in total. The predicted molar refractivity (Wildman–Crippen MR) is 353 cm³/mol. The van der Waals surface area contributed by atoms with Crippen LogP contribution in [-0.4, -0.2) is 4.57 Å². The van der Waals surface area contributed by atoms with E-state index in [9.17, 15) is 0 Å². The van der Waals surface area contributed by atoms with Crippen LogP contribution >= 0.6 is 0 Å². The molecular formula is C78H57N5O2. The molecule has 0 atom stereocenters. The van der Waals surface area contributed by atoms with Crippen LogP contribution in [0.3, 0.4) is 0 Å². The minimum atomic E-state index is 0.677. The van der Waals surface area contributed by atoms with Crippen molar-refractivity contribution in [2.24, 2.45) is 0 Å². The average molecular weight is 1100 g/mol. The van der Waals surface area contributed by atoms with E-state index in [0.717, 1.165) is 95.7 Å². The monoisotopic (exact) mass is 1100 g/mol. The standard InChI is InChI=1S/C78H57N5O2/c1-10-28-58(29-11-1)79(59-30-12-2-13-31-59)67-50-68(80(60-32-14-3-15-33-60)61-34-16-4-17-35-61)53-73(52-67)84-71-46-48-75-76-49-47-72(57-78(76)83(77(75)56-71)66-44-26-9-27-45-66)85-74-54-69(81(62-36-18-5-19-37-62)63-38-20-6-21-39-63)51-70(55-74)82(64-40-22-7-23-41-64)65-42-24-8-25-43-65/h1-57H. The SMILES string of the molecule is c1ccc(N(c2ccccc2)c2cc(Oc3ccc4c5ccc(Oc6cc(N(c7ccccc7)c7ccccc7)cc(N(c7ccccc7)c7ccccc7)c6)cc5n(-c5ccccc5)c4c3)cc(N(c3ccccc3)c3ccccc3)c2)cc1. The molecule has 0 unspecified atom stereocenters. The highest BCUT2D eigenvalue weighted by molar-refractivity contribution is 6.10. The van der Waals surface area contributed by atoms with E-state index in [0.29, 0.717) is 23.0 Å². The van der Waals surface area contributed by atoms with Crippen molar-refractivity contribution in [3.05, 3.63) is 346 Å². The van der Waals surface area contributed by atoms with Gasteiger partial charge in [-0.25, -0.2) is 0 Å². The van der Waals surface area contributed by atoms with E-state index in [4.69, 9.17) is 9.47 Å². The Kier molecular flexibility index (Phi) is 14.3. The van der Waals surface area contributed by atoms with Crippen LogP contribution < -0.4 is 29.1 Å². The van der Waals surface area contributed by atoms with Crippen molar-refractivity contribution in [2.45, 2.75) is 0 Å². The molecule has 0 bridgehead atoms. The van der Waals surface area contributed by atoms with Crippen LogP contribution in [0, 0.1) is 0 Å². The molecule has 13 aromatic carbocycles. The average Bonchev–Trinajstić information content (AvgIpc) is 2.58. The Bertz CT molecular complexity index is 3890. The van der Waals surface area contributed by atoms with E-state index in [2.05, 4.69) is 370 Å². The van der Waals surface area contributed by atoms with Crippen LogP contribution in [0.4, 0.5) is 68.2 Å². The van der Waals surface area contributed by atoms with Gasteiger partial charge in [-0.3, -0.25) is 0 Å².